The highest BCUT2D eigenvalue weighted by Gasteiger charge is 2.28. The Morgan fingerprint density at radius 1 is 0.316 bits per heavy atom. The topological polar surface area (TPSA) is 0 Å². The zero-order valence-corrected chi connectivity index (χ0v) is 22.5. The molecule has 0 radical (unpaired) electrons. The summed E-state index contributed by atoms with van der Waals surface area (Å²) in [5.41, 5.74) is 4.99. The highest BCUT2D eigenvalue weighted by Crippen LogP contribution is 2.36. The fraction of sp³-hybridized carbons (Fsp3) is 0. The maximum atomic E-state index is 2.35. The second-order valence-corrected chi connectivity index (χ2v) is 12.2. The van der Waals surface area contributed by atoms with Crippen molar-refractivity contribution in [3.05, 3.63) is 164 Å². The molecule has 0 spiro atoms. The van der Waals surface area contributed by atoms with Crippen molar-refractivity contribution in [3.8, 4) is 22.3 Å². The van der Waals surface area contributed by atoms with Crippen LogP contribution in [0.1, 0.15) is 0 Å². The van der Waals surface area contributed by atoms with Crippen LogP contribution >= 0.6 is 11.8 Å². The molecule has 0 fully saturated rings. The third kappa shape index (κ3) is 5.62. The lowest BCUT2D eigenvalue weighted by molar-refractivity contribution is 1.28. The number of hydrogen-bond acceptors (Lipinski definition) is 1. The third-order valence-electron chi connectivity index (χ3n) is 6.41. The van der Waals surface area contributed by atoms with Gasteiger partial charge in [-0.1, -0.05) is 115 Å². The van der Waals surface area contributed by atoms with Gasteiger partial charge in [-0.2, -0.15) is 0 Å². The van der Waals surface area contributed by atoms with Crippen molar-refractivity contribution in [1.29, 1.82) is 0 Å². The average Bonchev–Trinajstić information content (AvgIpc) is 3.00. The summed E-state index contributed by atoms with van der Waals surface area (Å²) >= 11 is 1.81. The Labute approximate surface area is 232 Å². The van der Waals surface area contributed by atoms with Gasteiger partial charge in [0.15, 0.2) is 14.7 Å². The second kappa shape index (κ2) is 11.6. The highest BCUT2D eigenvalue weighted by atomic mass is 32.2. The zero-order chi connectivity index (χ0) is 25.6. The normalized spacial score (nSPS) is 11.7. The fourth-order valence-corrected chi connectivity index (χ4v) is 7.45. The molecule has 0 aromatic heterocycles. The molecule has 0 N–H and O–H groups in total. The van der Waals surface area contributed by atoms with Crippen LogP contribution in [0, 0.1) is 0 Å². The van der Waals surface area contributed by atoms with Gasteiger partial charge in [0.2, 0.25) is 0 Å². The van der Waals surface area contributed by atoms with Crippen molar-refractivity contribution in [2.45, 2.75) is 24.5 Å². The molecule has 0 saturated carbocycles. The van der Waals surface area contributed by atoms with Gasteiger partial charge in [-0.25, -0.2) is 0 Å². The second-order valence-electron chi connectivity index (χ2n) is 8.98. The van der Waals surface area contributed by atoms with Crippen LogP contribution in [0.4, 0.5) is 0 Å². The number of benzene rings is 6. The monoisotopic (exact) mass is 523 g/mol. The maximum Gasteiger partial charge on any atom is 0.167 e. The molecule has 6 aromatic rings. The molecule has 0 saturated heterocycles. The summed E-state index contributed by atoms with van der Waals surface area (Å²) in [6, 6.07) is 59.0. The predicted molar refractivity (Wildman–Crippen MR) is 163 cm³/mol. The van der Waals surface area contributed by atoms with Crippen molar-refractivity contribution in [2.75, 3.05) is 0 Å². The minimum atomic E-state index is -0.187. The summed E-state index contributed by atoms with van der Waals surface area (Å²) in [5, 5.41) is 0. The first-order chi connectivity index (χ1) is 18.8. The van der Waals surface area contributed by atoms with Crippen LogP contribution in [0.25, 0.3) is 22.3 Å². The van der Waals surface area contributed by atoms with E-state index in [4.69, 9.17) is 0 Å². The quantitative estimate of drug-likeness (QED) is 0.188. The van der Waals surface area contributed by atoms with Gasteiger partial charge in [0.1, 0.15) is 0 Å². The van der Waals surface area contributed by atoms with E-state index in [9.17, 15) is 0 Å². The minimum absolute atomic E-state index is 0.187. The molecule has 0 aliphatic heterocycles. The van der Waals surface area contributed by atoms with Crippen LogP contribution in [0.3, 0.4) is 0 Å². The Bertz CT molecular complexity index is 1590. The largest absolute Gasteiger partial charge is 0.167 e. The van der Waals surface area contributed by atoms with E-state index in [0.717, 1.165) is 0 Å². The predicted octanol–water partition coefficient (Wildman–Crippen LogP) is 10.3. The summed E-state index contributed by atoms with van der Waals surface area (Å²) in [7, 11) is -0.187. The molecular weight excluding hydrogens is 497 g/mol. The Morgan fingerprint density at radius 2 is 0.737 bits per heavy atom. The first-order valence-electron chi connectivity index (χ1n) is 12.7. The van der Waals surface area contributed by atoms with Crippen molar-refractivity contribution in [1.82, 2.24) is 0 Å². The first kappa shape index (κ1) is 24.4. The molecule has 1 atom stereocenters. The van der Waals surface area contributed by atoms with Crippen LogP contribution in [0.5, 0.6) is 0 Å². The molecule has 0 amide bonds. The molecular formula is C36H27S2+. The molecule has 1 unspecified atom stereocenters. The van der Waals surface area contributed by atoms with Gasteiger partial charge in [-0.05, 0) is 76.9 Å². The van der Waals surface area contributed by atoms with Crippen molar-refractivity contribution >= 4 is 22.7 Å². The molecule has 0 nitrogen and oxygen atoms in total. The van der Waals surface area contributed by atoms with Gasteiger partial charge < -0.3 is 0 Å². The van der Waals surface area contributed by atoms with E-state index >= 15 is 0 Å². The Hall–Kier alpha value is -3.98. The Kier molecular flexibility index (Phi) is 7.44. The van der Waals surface area contributed by atoms with E-state index in [-0.39, 0.29) is 10.9 Å². The summed E-state index contributed by atoms with van der Waals surface area (Å²) in [4.78, 5) is 6.47. The van der Waals surface area contributed by atoms with Gasteiger partial charge >= 0.3 is 0 Å². The molecule has 182 valence electrons. The highest BCUT2D eigenvalue weighted by molar-refractivity contribution is 7.99. The minimum Gasteiger partial charge on any atom is -0.0901 e. The van der Waals surface area contributed by atoms with Crippen molar-refractivity contribution in [2.24, 2.45) is 0 Å². The summed E-state index contributed by atoms with van der Waals surface area (Å²) in [6.07, 6.45) is 0. The molecule has 6 aromatic carbocycles. The van der Waals surface area contributed by atoms with Crippen LogP contribution in [-0.4, -0.2) is 0 Å². The summed E-state index contributed by atoms with van der Waals surface area (Å²) < 4.78 is 0. The molecule has 0 bridgehead atoms. The van der Waals surface area contributed by atoms with Gasteiger partial charge in [0.05, 0.1) is 10.9 Å². The fourth-order valence-electron chi connectivity index (χ4n) is 4.52. The van der Waals surface area contributed by atoms with Gasteiger partial charge in [-0.3, -0.25) is 0 Å². The molecule has 0 heterocycles. The van der Waals surface area contributed by atoms with E-state index in [1.165, 1.54) is 46.7 Å². The molecule has 6 rings (SSSR count). The standard InChI is InChI=1S/C36H27S2/c1-4-11-28(12-5-1)30-19-21-32(22-20-30)37-33-23-25-35(26-24-33)38(34-16-8-3-9-17-34)36-18-10-15-31(27-36)29-13-6-2-7-14-29/h1-27H/q+1. The average molecular weight is 524 g/mol. The molecule has 38 heavy (non-hydrogen) atoms. The van der Waals surface area contributed by atoms with E-state index in [1.54, 1.807) is 11.8 Å². The van der Waals surface area contributed by atoms with Gasteiger partial charge in [-0.15, -0.1) is 0 Å². The van der Waals surface area contributed by atoms with E-state index < -0.39 is 0 Å². The van der Waals surface area contributed by atoms with Crippen LogP contribution in [0.15, 0.2) is 188 Å². The smallest absolute Gasteiger partial charge is 0.0901 e. The summed E-state index contributed by atoms with van der Waals surface area (Å²) in [5.74, 6) is 0. The number of rotatable bonds is 7. The van der Waals surface area contributed by atoms with Gasteiger partial charge in [0.25, 0.3) is 0 Å². The van der Waals surface area contributed by atoms with Crippen LogP contribution < -0.4 is 0 Å². The lowest BCUT2D eigenvalue weighted by atomic mass is 10.1. The van der Waals surface area contributed by atoms with Crippen molar-refractivity contribution < 1.29 is 0 Å². The van der Waals surface area contributed by atoms with Gasteiger partial charge in [0, 0.05) is 15.9 Å². The van der Waals surface area contributed by atoms with E-state index in [1.807, 2.05) is 0 Å². The molecule has 2 heteroatoms. The maximum absolute atomic E-state index is 2.35. The van der Waals surface area contributed by atoms with Crippen LogP contribution in [-0.2, 0) is 10.9 Å². The van der Waals surface area contributed by atoms with E-state index in [2.05, 4.69) is 164 Å². The van der Waals surface area contributed by atoms with Crippen LogP contribution in [0.2, 0.25) is 0 Å². The lowest BCUT2D eigenvalue weighted by Crippen LogP contribution is -2.04. The lowest BCUT2D eigenvalue weighted by Gasteiger charge is -2.10. The Balaban J connectivity index is 1.27. The Morgan fingerprint density at radius 3 is 1.34 bits per heavy atom. The third-order valence-corrected chi connectivity index (χ3v) is 9.64. The SMILES string of the molecule is c1ccc(-c2ccc(Sc3ccc([S+](c4ccccc4)c4cccc(-c5ccccc5)c4)cc3)cc2)cc1. The van der Waals surface area contributed by atoms with Crippen molar-refractivity contribution in [3.63, 3.8) is 0 Å². The summed E-state index contributed by atoms with van der Waals surface area (Å²) in [6.45, 7) is 0. The van der Waals surface area contributed by atoms with E-state index in [0.29, 0.717) is 0 Å². The number of hydrogen-bond donors (Lipinski definition) is 0. The first-order valence-corrected chi connectivity index (χ1v) is 14.8. The zero-order valence-electron chi connectivity index (χ0n) is 20.9. The molecule has 0 aliphatic carbocycles. The molecule has 0 aliphatic rings.